The number of carbonyl (C=O) groups excluding carboxylic acids is 1. The molecule has 0 radical (unpaired) electrons. The molecule has 0 saturated heterocycles. The zero-order valence-electron chi connectivity index (χ0n) is 17.6. The third-order valence-electron chi connectivity index (χ3n) is 5.33. The van der Waals surface area contributed by atoms with Gasteiger partial charge in [0, 0.05) is 21.4 Å². The average molecular weight is 493 g/mol. The van der Waals surface area contributed by atoms with Gasteiger partial charge in [-0.25, -0.2) is 8.42 Å². The normalized spacial score (nSPS) is 12.8. The van der Waals surface area contributed by atoms with Crippen LogP contribution in [-0.4, -0.2) is 24.1 Å². The predicted octanol–water partition coefficient (Wildman–Crippen LogP) is 6.48. The Morgan fingerprint density at radius 2 is 1.48 bits per heavy atom. The monoisotopic (exact) mass is 492 g/mol. The second-order valence-corrected chi connectivity index (χ2v) is 11.8. The van der Waals surface area contributed by atoms with Crippen molar-refractivity contribution in [2.75, 3.05) is 4.72 Å². The molecule has 0 aliphatic carbocycles. The summed E-state index contributed by atoms with van der Waals surface area (Å²) < 4.78 is 29.5. The van der Waals surface area contributed by atoms with Crippen LogP contribution in [0.25, 0.3) is 21.8 Å². The molecule has 0 aliphatic heterocycles. The second kappa shape index (κ2) is 8.70. The fourth-order valence-electron chi connectivity index (χ4n) is 3.82. The highest BCUT2D eigenvalue weighted by Gasteiger charge is 2.22. The second-order valence-electron chi connectivity index (χ2n) is 7.53. The molecule has 0 amide bonds. The summed E-state index contributed by atoms with van der Waals surface area (Å²) in [6, 6.07) is 26.2. The molecule has 2 heterocycles. The Labute approximate surface area is 200 Å². The number of fused-ring (bicyclic) bond motifs is 3. The molecular weight excluding hydrogens is 472 g/mol. The first-order valence-electron chi connectivity index (χ1n) is 10.3. The molecule has 0 fully saturated rings. The lowest BCUT2D eigenvalue weighted by Gasteiger charge is -2.14. The highest BCUT2D eigenvalue weighted by Crippen LogP contribution is 2.32. The van der Waals surface area contributed by atoms with Gasteiger partial charge in [0.2, 0.25) is 5.91 Å². The number of nitrogens with one attached hydrogen (secondary N) is 1. The van der Waals surface area contributed by atoms with Gasteiger partial charge < -0.3 is 0 Å². The minimum atomic E-state index is -3.59. The van der Waals surface area contributed by atoms with Crippen molar-refractivity contribution in [3.05, 3.63) is 90.3 Å². The number of anilines is 1. The molecule has 33 heavy (non-hydrogen) atoms. The maximum atomic E-state index is 13.5. The van der Waals surface area contributed by atoms with Crippen molar-refractivity contribution >= 4 is 66.5 Å². The van der Waals surface area contributed by atoms with E-state index in [1.165, 1.54) is 23.1 Å². The lowest BCUT2D eigenvalue weighted by molar-refractivity contribution is 0.0925. The number of hydrogen-bond donors (Lipinski definition) is 1. The molecule has 0 saturated carbocycles. The summed E-state index contributed by atoms with van der Waals surface area (Å²) in [6.07, 6.45) is 0. The van der Waals surface area contributed by atoms with Crippen LogP contribution in [0.3, 0.4) is 0 Å². The van der Waals surface area contributed by atoms with E-state index in [0.717, 1.165) is 26.7 Å². The van der Waals surface area contributed by atoms with Crippen molar-refractivity contribution in [2.45, 2.75) is 21.3 Å². The Morgan fingerprint density at radius 3 is 2.06 bits per heavy atom. The summed E-state index contributed by atoms with van der Waals surface area (Å²) >= 11 is 2.62. The SMILES string of the molecule is CC(Sc1ccc(NS(=O)(=O)c2cccs2)cc1)C(=O)n1c2ccccc2c2ccccc21. The van der Waals surface area contributed by atoms with Crippen molar-refractivity contribution in [3.8, 4) is 0 Å². The Bertz CT molecular complexity index is 1500. The molecule has 5 aromatic rings. The van der Waals surface area contributed by atoms with Gasteiger partial charge in [0.25, 0.3) is 10.0 Å². The topological polar surface area (TPSA) is 68.2 Å². The summed E-state index contributed by atoms with van der Waals surface area (Å²) in [5.41, 5.74) is 2.28. The highest BCUT2D eigenvalue weighted by atomic mass is 32.2. The van der Waals surface area contributed by atoms with Gasteiger partial charge in [-0.15, -0.1) is 23.1 Å². The number of para-hydroxylation sites is 2. The number of rotatable bonds is 6. The number of aromatic nitrogens is 1. The number of benzene rings is 3. The van der Waals surface area contributed by atoms with Crippen molar-refractivity contribution in [3.63, 3.8) is 0 Å². The van der Waals surface area contributed by atoms with E-state index in [1.54, 1.807) is 34.2 Å². The third kappa shape index (κ3) is 4.17. The lowest BCUT2D eigenvalue weighted by Crippen LogP contribution is -2.21. The van der Waals surface area contributed by atoms with Gasteiger partial charge in [0.1, 0.15) is 4.21 Å². The summed E-state index contributed by atoms with van der Waals surface area (Å²) in [5.74, 6) is -0.000116. The van der Waals surface area contributed by atoms with Gasteiger partial charge in [0.15, 0.2) is 0 Å². The van der Waals surface area contributed by atoms with E-state index in [1.807, 2.05) is 67.6 Å². The minimum absolute atomic E-state index is 0.000116. The summed E-state index contributed by atoms with van der Waals surface area (Å²) in [4.78, 5) is 14.4. The maximum absolute atomic E-state index is 13.5. The first kappa shape index (κ1) is 21.8. The fraction of sp³-hybridized carbons (Fsp3) is 0.0800. The molecule has 0 bridgehead atoms. The van der Waals surface area contributed by atoms with Crippen molar-refractivity contribution < 1.29 is 13.2 Å². The van der Waals surface area contributed by atoms with Crippen molar-refractivity contribution in [2.24, 2.45) is 0 Å². The average Bonchev–Trinajstić information content (AvgIpc) is 3.47. The third-order valence-corrected chi connectivity index (χ3v) is 9.21. The van der Waals surface area contributed by atoms with E-state index in [9.17, 15) is 13.2 Å². The molecule has 5 nitrogen and oxygen atoms in total. The van der Waals surface area contributed by atoms with Crippen LogP contribution in [-0.2, 0) is 10.0 Å². The number of hydrogen-bond acceptors (Lipinski definition) is 5. The number of thiophene rings is 1. The standard InChI is InChI=1S/C25H20N2O3S3/c1-17(25(28)27-22-9-4-2-7-20(22)21-8-3-5-10-23(21)27)32-19-14-12-18(13-15-19)26-33(29,30)24-11-6-16-31-24/h2-17,26H,1H3. The van der Waals surface area contributed by atoms with Crippen LogP contribution in [0.15, 0.2) is 99.4 Å². The van der Waals surface area contributed by atoms with Crippen molar-refractivity contribution in [1.29, 1.82) is 0 Å². The molecule has 2 aromatic heterocycles. The first-order chi connectivity index (χ1) is 15.9. The quantitative estimate of drug-likeness (QED) is 0.276. The zero-order valence-corrected chi connectivity index (χ0v) is 20.1. The lowest BCUT2D eigenvalue weighted by atomic mass is 10.2. The largest absolute Gasteiger partial charge is 0.279 e. The predicted molar refractivity (Wildman–Crippen MR) is 137 cm³/mol. The molecule has 8 heteroatoms. The maximum Gasteiger partial charge on any atom is 0.271 e. The molecule has 5 rings (SSSR count). The van der Waals surface area contributed by atoms with E-state index in [2.05, 4.69) is 4.72 Å². The van der Waals surface area contributed by atoms with Crippen LogP contribution in [0.1, 0.15) is 11.7 Å². The molecule has 1 unspecified atom stereocenters. The Balaban J connectivity index is 1.37. The minimum Gasteiger partial charge on any atom is -0.279 e. The van der Waals surface area contributed by atoms with Gasteiger partial charge >= 0.3 is 0 Å². The Hall–Kier alpha value is -3.07. The van der Waals surface area contributed by atoms with E-state index in [0.29, 0.717) is 5.69 Å². The van der Waals surface area contributed by atoms with Crippen LogP contribution in [0.2, 0.25) is 0 Å². The molecule has 166 valence electrons. The van der Waals surface area contributed by atoms with Gasteiger partial charge in [-0.05, 0) is 54.8 Å². The van der Waals surface area contributed by atoms with Crippen LogP contribution < -0.4 is 4.72 Å². The molecule has 1 atom stereocenters. The van der Waals surface area contributed by atoms with Gasteiger partial charge in [-0.2, -0.15) is 0 Å². The van der Waals surface area contributed by atoms with E-state index in [4.69, 9.17) is 0 Å². The summed E-state index contributed by atoms with van der Waals surface area (Å²) in [5, 5.41) is 3.50. The molecule has 0 aliphatic rings. The number of nitrogens with zero attached hydrogens (tertiary/aromatic N) is 1. The molecular formula is C25H20N2O3S3. The van der Waals surface area contributed by atoms with E-state index < -0.39 is 10.0 Å². The highest BCUT2D eigenvalue weighted by molar-refractivity contribution is 8.00. The van der Waals surface area contributed by atoms with Crippen LogP contribution >= 0.6 is 23.1 Å². The molecule has 0 spiro atoms. The fourth-order valence-corrected chi connectivity index (χ4v) is 6.78. The van der Waals surface area contributed by atoms with Crippen molar-refractivity contribution in [1.82, 2.24) is 4.57 Å². The Kier molecular flexibility index (Phi) is 5.74. The number of carbonyl (C=O) groups is 1. The summed E-state index contributed by atoms with van der Waals surface area (Å²) in [7, 11) is -3.59. The van der Waals surface area contributed by atoms with Crippen LogP contribution in [0.4, 0.5) is 5.69 Å². The number of sulfonamides is 1. The van der Waals surface area contributed by atoms with E-state index in [-0.39, 0.29) is 15.4 Å². The van der Waals surface area contributed by atoms with Gasteiger partial charge in [-0.3, -0.25) is 14.1 Å². The van der Waals surface area contributed by atoms with Gasteiger partial charge in [-0.1, -0.05) is 42.5 Å². The Morgan fingerprint density at radius 1 is 0.879 bits per heavy atom. The summed E-state index contributed by atoms with van der Waals surface area (Å²) in [6.45, 7) is 1.89. The van der Waals surface area contributed by atoms with Gasteiger partial charge in [0.05, 0.1) is 16.3 Å². The number of thioether (sulfide) groups is 1. The van der Waals surface area contributed by atoms with E-state index >= 15 is 0 Å². The zero-order chi connectivity index (χ0) is 23.0. The smallest absolute Gasteiger partial charge is 0.271 e. The van der Waals surface area contributed by atoms with Crippen LogP contribution in [0.5, 0.6) is 0 Å². The first-order valence-corrected chi connectivity index (χ1v) is 13.5. The van der Waals surface area contributed by atoms with Crippen LogP contribution in [0, 0.1) is 0 Å². The molecule has 3 aromatic carbocycles. The molecule has 1 N–H and O–H groups in total.